The Kier molecular flexibility index (Phi) is 3.01. The van der Waals surface area contributed by atoms with Crippen LogP contribution in [0.3, 0.4) is 0 Å². The van der Waals surface area contributed by atoms with E-state index in [-0.39, 0.29) is 5.54 Å². The van der Waals surface area contributed by atoms with Gasteiger partial charge in [0.25, 0.3) is 0 Å². The summed E-state index contributed by atoms with van der Waals surface area (Å²) in [6.07, 6.45) is 5.36. The van der Waals surface area contributed by atoms with E-state index in [1.165, 1.54) is 37.8 Å². The summed E-state index contributed by atoms with van der Waals surface area (Å²) in [7, 11) is 0. The topological polar surface area (TPSA) is 29.3 Å². The van der Waals surface area contributed by atoms with Gasteiger partial charge in [-0.05, 0) is 42.7 Å². The summed E-state index contributed by atoms with van der Waals surface area (Å²) < 4.78 is 0. The zero-order chi connectivity index (χ0) is 11.9. The van der Waals surface area contributed by atoms with Gasteiger partial charge in [-0.25, -0.2) is 0 Å². The highest BCUT2D eigenvalue weighted by molar-refractivity contribution is 7.10. The first kappa shape index (κ1) is 11.7. The molecule has 1 aliphatic heterocycles. The minimum atomic E-state index is 0.223. The van der Waals surface area contributed by atoms with E-state index in [0.29, 0.717) is 0 Å². The normalized spacial score (nSPS) is 24.4. The molecule has 2 nitrogen and oxygen atoms in total. The fraction of sp³-hybridized carbons (Fsp3) is 0.714. The molecule has 1 aliphatic carbocycles. The Bertz CT molecular complexity index is 397. The first-order chi connectivity index (χ1) is 8.21. The summed E-state index contributed by atoms with van der Waals surface area (Å²) in [5, 5.41) is 2.23. The van der Waals surface area contributed by atoms with E-state index >= 15 is 0 Å². The molecule has 1 unspecified atom stereocenters. The minimum absolute atomic E-state index is 0.223. The van der Waals surface area contributed by atoms with Gasteiger partial charge in [0.2, 0.25) is 0 Å². The van der Waals surface area contributed by atoms with E-state index in [1.807, 2.05) is 11.3 Å². The van der Waals surface area contributed by atoms with Gasteiger partial charge < -0.3 is 5.73 Å². The van der Waals surface area contributed by atoms with Crippen molar-refractivity contribution in [2.24, 2.45) is 11.7 Å². The average Bonchev–Trinajstić information content (AvgIpc) is 3.02. The van der Waals surface area contributed by atoms with Crippen LogP contribution in [0.25, 0.3) is 0 Å². The number of hydrogen-bond acceptors (Lipinski definition) is 3. The highest BCUT2D eigenvalue weighted by atomic mass is 32.1. The summed E-state index contributed by atoms with van der Waals surface area (Å²) in [6.45, 7) is 5.46. The number of rotatable bonds is 4. The van der Waals surface area contributed by atoms with Crippen LogP contribution >= 0.6 is 11.3 Å². The molecule has 0 aromatic carbocycles. The molecular weight excluding hydrogens is 228 g/mol. The molecule has 3 heteroatoms. The third-order valence-corrected chi connectivity index (χ3v) is 5.46. The zero-order valence-electron chi connectivity index (χ0n) is 10.6. The molecule has 2 aliphatic rings. The molecule has 1 fully saturated rings. The maximum absolute atomic E-state index is 6.07. The standard InChI is InChI=1S/C14H22N2S/c1-14(10-15,8-11-2-3-11)16-6-4-13-12(9-16)5-7-17-13/h5,7,11H,2-4,6,8-10,15H2,1H3. The summed E-state index contributed by atoms with van der Waals surface area (Å²) in [5.74, 6) is 0.951. The number of hydrogen-bond donors (Lipinski definition) is 1. The lowest BCUT2D eigenvalue weighted by Crippen LogP contribution is -2.53. The quantitative estimate of drug-likeness (QED) is 0.890. The first-order valence-electron chi connectivity index (χ1n) is 6.72. The smallest absolute Gasteiger partial charge is 0.0309 e. The van der Waals surface area contributed by atoms with Gasteiger partial charge >= 0.3 is 0 Å². The van der Waals surface area contributed by atoms with Gasteiger partial charge in [0.15, 0.2) is 0 Å². The van der Waals surface area contributed by atoms with Gasteiger partial charge in [0.05, 0.1) is 0 Å². The molecule has 2 N–H and O–H groups in total. The van der Waals surface area contributed by atoms with Crippen LogP contribution in [0.4, 0.5) is 0 Å². The maximum atomic E-state index is 6.07. The first-order valence-corrected chi connectivity index (χ1v) is 7.59. The van der Waals surface area contributed by atoms with E-state index in [0.717, 1.165) is 19.0 Å². The van der Waals surface area contributed by atoms with Crippen molar-refractivity contribution >= 4 is 11.3 Å². The highest BCUT2D eigenvalue weighted by Gasteiger charge is 2.38. The molecule has 0 bridgehead atoms. The Morgan fingerprint density at radius 1 is 1.53 bits per heavy atom. The molecule has 1 atom stereocenters. The SMILES string of the molecule is CC(CN)(CC1CC1)N1CCc2sccc2C1. The molecule has 3 rings (SSSR count). The third kappa shape index (κ3) is 2.28. The molecular formula is C14H22N2S. The van der Waals surface area contributed by atoms with Crippen molar-refractivity contribution in [1.82, 2.24) is 4.90 Å². The van der Waals surface area contributed by atoms with Gasteiger partial charge in [-0.1, -0.05) is 12.8 Å². The lowest BCUT2D eigenvalue weighted by molar-refractivity contribution is 0.0822. The Labute approximate surface area is 108 Å². The lowest BCUT2D eigenvalue weighted by Gasteiger charge is -2.43. The van der Waals surface area contributed by atoms with Crippen molar-refractivity contribution in [3.8, 4) is 0 Å². The molecule has 0 amide bonds. The van der Waals surface area contributed by atoms with E-state index in [1.54, 1.807) is 4.88 Å². The van der Waals surface area contributed by atoms with Gasteiger partial charge in [-0.3, -0.25) is 4.90 Å². The van der Waals surface area contributed by atoms with Gasteiger partial charge in [-0.15, -0.1) is 11.3 Å². The summed E-state index contributed by atoms with van der Waals surface area (Å²) >= 11 is 1.91. The van der Waals surface area contributed by atoms with Crippen LogP contribution in [0.15, 0.2) is 11.4 Å². The van der Waals surface area contributed by atoms with E-state index < -0.39 is 0 Å². The molecule has 2 heterocycles. The van der Waals surface area contributed by atoms with E-state index in [9.17, 15) is 0 Å². The number of nitrogens with two attached hydrogens (primary N) is 1. The second-order valence-corrected chi connectivity index (χ2v) is 6.89. The van der Waals surface area contributed by atoms with E-state index in [4.69, 9.17) is 5.73 Å². The molecule has 0 spiro atoms. The largest absolute Gasteiger partial charge is 0.329 e. The van der Waals surface area contributed by atoms with Crippen LogP contribution in [0, 0.1) is 5.92 Å². The summed E-state index contributed by atoms with van der Waals surface area (Å²) in [5.41, 5.74) is 7.83. The fourth-order valence-electron chi connectivity index (χ4n) is 2.99. The number of thiophene rings is 1. The maximum Gasteiger partial charge on any atom is 0.0309 e. The van der Waals surface area contributed by atoms with Crippen LogP contribution in [0.5, 0.6) is 0 Å². The number of nitrogens with zero attached hydrogens (tertiary/aromatic N) is 1. The Balaban J connectivity index is 1.74. The van der Waals surface area contributed by atoms with Crippen molar-refractivity contribution < 1.29 is 0 Å². The Morgan fingerprint density at radius 3 is 3.06 bits per heavy atom. The van der Waals surface area contributed by atoms with Gasteiger partial charge in [0.1, 0.15) is 0 Å². The van der Waals surface area contributed by atoms with Crippen molar-refractivity contribution in [2.45, 2.75) is 44.7 Å². The Morgan fingerprint density at radius 2 is 2.35 bits per heavy atom. The molecule has 0 saturated heterocycles. The lowest BCUT2D eigenvalue weighted by atomic mass is 9.90. The van der Waals surface area contributed by atoms with E-state index in [2.05, 4.69) is 23.3 Å². The molecule has 0 radical (unpaired) electrons. The van der Waals surface area contributed by atoms with Gasteiger partial charge in [-0.2, -0.15) is 0 Å². The second kappa shape index (κ2) is 4.38. The van der Waals surface area contributed by atoms with Crippen LogP contribution in [-0.4, -0.2) is 23.5 Å². The zero-order valence-corrected chi connectivity index (χ0v) is 11.4. The van der Waals surface area contributed by atoms with Crippen LogP contribution in [0.1, 0.15) is 36.6 Å². The van der Waals surface area contributed by atoms with Crippen molar-refractivity contribution in [2.75, 3.05) is 13.1 Å². The second-order valence-electron chi connectivity index (χ2n) is 5.89. The third-order valence-electron chi connectivity index (χ3n) is 4.44. The van der Waals surface area contributed by atoms with Gasteiger partial charge in [0, 0.05) is 30.1 Å². The summed E-state index contributed by atoms with van der Waals surface area (Å²) in [4.78, 5) is 4.22. The Hall–Kier alpha value is -0.380. The van der Waals surface area contributed by atoms with Crippen LogP contribution in [0.2, 0.25) is 0 Å². The molecule has 1 aromatic rings. The molecule has 94 valence electrons. The minimum Gasteiger partial charge on any atom is -0.329 e. The van der Waals surface area contributed by atoms with Crippen molar-refractivity contribution in [3.05, 3.63) is 21.9 Å². The predicted octanol–water partition coefficient (Wildman–Crippen LogP) is 2.62. The van der Waals surface area contributed by atoms with Crippen molar-refractivity contribution in [3.63, 3.8) is 0 Å². The monoisotopic (exact) mass is 250 g/mol. The van der Waals surface area contributed by atoms with Crippen LogP contribution in [-0.2, 0) is 13.0 Å². The highest BCUT2D eigenvalue weighted by Crippen LogP contribution is 2.40. The summed E-state index contributed by atoms with van der Waals surface area (Å²) in [6, 6.07) is 2.29. The molecule has 1 aromatic heterocycles. The van der Waals surface area contributed by atoms with Crippen LogP contribution < -0.4 is 5.73 Å². The van der Waals surface area contributed by atoms with Crippen molar-refractivity contribution in [1.29, 1.82) is 0 Å². The average molecular weight is 250 g/mol. The molecule has 1 saturated carbocycles. The fourth-order valence-corrected chi connectivity index (χ4v) is 3.88. The number of fused-ring (bicyclic) bond motifs is 1. The predicted molar refractivity (Wildman–Crippen MR) is 73.2 cm³/mol. The molecule has 17 heavy (non-hydrogen) atoms.